The quantitative estimate of drug-likeness (QED) is 0.162. The SMILES string of the molecule is Cc1cc(C)c(-c2[c-]c3c(cc2)-c2ccc(-c4c(C)cc(C)cc4C)cc2C3)c(C)c1.[C-]1=CC=CC1.[Cl-].[Cl-].[Ti+2]=[C]1C2CC3CC(C2)CC1C3. The van der Waals surface area contributed by atoms with Gasteiger partial charge >= 0.3 is 79.6 Å². The fraction of sp³-hybridized carbons (Fsp3) is 0.370. The zero-order valence-electron chi connectivity index (χ0n) is 29.9. The molecule has 0 radical (unpaired) electrons. The molecule has 4 fully saturated rings. The van der Waals surface area contributed by atoms with E-state index in [1.54, 1.807) is 32.1 Å². The van der Waals surface area contributed by atoms with E-state index in [9.17, 15) is 0 Å². The molecule has 0 amide bonds. The average molecular weight is 720 g/mol. The predicted molar refractivity (Wildman–Crippen MR) is 196 cm³/mol. The van der Waals surface area contributed by atoms with Gasteiger partial charge in [0, 0.05) is 0 Å². The van der Waals surface area contributed by atoms with Crippen LogP contribution < -0.4 is 24.8 Å². The van der Waals surface area contributed by atoms with Crippen molar-refractivity contribution in [1.82, 2.24) is 0 Å². The molecule has 0 atom stereocenters. The first-order valence-corrected chi connectivity index (χ1v) is 18.6. The number of benzene rings is 4. The third-order valence-corrected chi connectivity index (χ3v) is 12.6. The van der Waals surface area contributed by atoms with Gasteiger partial charge in [0.1, 0.15) is 0 Å². The summed E-state index contributed by atoms with van der Waals surface area (Å²) < 4.78 is 1.87. The number of rotatable bonds is 2. The number of aryl methyl sites for hydroxylation is 6. The molecule has 6 aliphatic carbocycles. The minimum atomic E-state index is 0. The van der Waals surface area contributed by atoms with Gasteiger partial charge in [-0.2, -0.15) is 6.08 Å². The van der Waals surface area contributed by atoms with Gasteiger partial charge in [-0.05, 0) is 75.8 Å². The van der Waals surface area contributed by atoms with Crippen molar-refractivity contribution in [2.24, 2.45) is 23.7 Å². The molecule has 0 aromatic heterocycles. The number of hydrogen-bond donors (Lipinski definition) is 0. The zero-order chi connectivity index (χ0) is 32.8. The summed E-state index contributed by atoms with van der Waals surface area (Å²) in [6.07, 6.45) is 18.8. The molecular formula is C46H48Cl2Ti-2. The molecule has 4 saturated carbocycles. The van der Waals surface area contributed by atoms with Crippen LogP contribution in [0.1, 0.15) is 83.0 Å². The van der Waals surface area contributed by atoms with E-state index in [0.717, 1.165) is 36.5 Å². The van der Waals surface area contributed by atoms with Crippen molar-refractivity contribution in [3.05, 3.63) is 129 Å². The van der Waals surface area contributed by atoms with Crippen LogP contribution in [0.3, 0.4) is 0 Å². The van der Waals surface area contributed by atoms with Crippen LogP contribution in [-0.4, -0.2) is 3.81 Å². The van der Waals surface area contributed by atoms with Crippen molar-refractivity contribution >= 4 is 3.81 Å². The van der Waals surface area contributed by atoms with Gasteiger partial charge in [-0.25, -0.2) is 12.2 Å². The molecule has 6 aliphatic rings. The van der Waals surface area contributed by atoms with Crippen LogP contribution in [0.15, 0.2) is 72.8 Å². The number of hydrogen-bond acceptors (Lipinski definition) is 0. The normalized spacial score (nSPS) is 21.5. The number of fused-ring (bicyclic) bond motifs is 3. The molecule has 0 saturated heterocycles. The van der Waals surface area contributed by atoms with Crippen LogP contribution in [0, 0.1) is 77.4 Å². The second kappa shape index (κ2) is 15.8. The molecule has 0 unspecified atom stereocenters. The summed E-state index contributed by atoms with van der Waals surface area (Å²) in [7, 11) is 0. The van der Waals surface area contributed by atoms with Gasteiger partial charge in [0.25, 0.3) is 0 Å². The first-order valence-electron chi connectivity index (χ1n) is 17.8. The summed E-state index contributed by atoms with van der Waals surface area (Å²) in [5.74, 6) is 4.40. The molecule has 4 aromatic carbocycles. The van der Waals surface area contributed by atoms with Crippen LogP contribution in [0.25, 0.3) is 33.4 Å². The molecule has 4 bridgehead atoms. The Balaban J connectivity index is 0.000000212. The third kappa shape index (κ3) is 7.89. The van der Waals surface area contributed by atoms with Crippen molar-refractivity contribution in [2.75, 3.05) is 0 Å². The number of allylic oxidation sites excluding steroid dienone is 4. The van der Waals surface area contributed by atoms with Crippen molar-refractivity contribution in [3.63, 3.8) is 0 Å². The Bertz CT molecular complexity index is 1730. The van der Waals surface area contributed by atoms with E-state index in [0.29, 0.717) is 0 Å². The predicted octanol–water partition coefficient (Wildman–Crippen LogP) is 5.72. The molecule has 0 heterocycles. The molecule has 0 N–H and O–H groups in total. The molecule has 0 spiro atoms. The first kappa shape index (κ1) is 37.8. The van der Waals surface area contributed by atoms with Gasteiger partial charge in [-0.3, -0.25) is 6.08 Å². The maximum atomic E-state index is 3.78. The molecule has 10 rings (SSSR count). The van der Waals surface area contributed by atoms with Gasteiger partial charge in [-0.1, -0.05) is 81.4 Å². The van der Waals surface area contributed by atoms with Crippen LogP contribution >= 0.6 is 0 Å². The van der Waals surface area contributed by atoms with Crippen molar-refractivity contribution in [2.45, 2.75) is 86.5 Å². The van der Waals surface area contributed by atoms with E-state index in [1.165, 1.54) is 77.9 Å². The van der Waals surface area contributed by atoms with Crippen LogP contribution in [0.4, 0.5) is 0 Å². The zero-order valence-corrected chi connectivity index (χ0v) is 33.0. The molecule has 3 heteroatoms. The Hall–Kier alpha value is -2.48. The molecule has 49 heavy (non-hydrogen) atoms. The summed E-state index contributed by atoms with van der Waals surface area (Å²) in [5, 5.41) is 0. The van der Waals surface area contributed by atoms with E-state index < -0.39 is 0 Å². The van der Waals surface area contributed by atoms with Gasteiger partial charge in [0.05, 0.1) is 0 Å². The summed E-state index contributed by atoms with van der Waals surface area (Å²) in [6, 6.07) is 24.5. The second-order valence-electron chi connectivity index (χ2n) is 15.1. The Morgan fingerprint density at radius 2 is 1.18 bits per heavy atom. The Morgan fingerprint density at radius 1 is 0.633 bits per heavy atom. The van der Waals surface area contributed by atoms with E-state index in [2.05, 4.69) is 134 Å². The van der Waals surface area contributed by atoms with Gasteiger partial charge in [0.15, 0.2) is 0 Å². The van der Waals surface area contributed by atoms with Crippen LogP contribution in [0.5, 0.6) is 0 Å². The fourth-order valence-electron chi connectivity index (χ4n) is 9.70. The van der Waals surface area contributed by atoms with Gasteiger partial charge in [0.2, 0.25) is 0 Å². The topological polar surface area (TPSA) is 0 Å². The summed E-state index contributed by atoms with van der Waals surface area (Å²) in [5.41, 5.74) is 18.7. The monoisotopic (exact) mass is 718 g/mol. The van der Waals surface area contributed by atoms with Crippen LogP contribution in [0.2, 0.25) is 0 Å². The Labute approximate surface area is 319 Å². The molecule has 0 nitrogen and oxygen atoms in total. The molecular weight excluding hydrogens is 671 g/mol. The molecule has 252 valence electrons. The fourth-order valence-corrected chi connectivity index (χ4v) is 10.4. The minimum absolute atomic E-state index is 0. The summed E-state index contributed by atoms with van der Waals surface area (Å²) in [4.78, 5) is 0. The van der Waals surface area contributed by atoms with Gasteiger partial charge < -0.3 is 24.8 Å². The molecule has 0 aliphatic heterocycles. The first-order chi connectivity index (χ1) is 22.6. The maximum absolute atomic E-state index is 3.78. The van der Waals surface area contributed by atoms with E-state index in [4.69, 9.17) is 0 Å². The Kier molecular flexibility index (Phi) is 12.2. The second-order valence-corrected chi connectivity index (χ2v) is 16.0. The van der Waals surface area contributed by atoms with Gasteiger partial charge in [-0.15, -0.1) is 35.7 Å². The van der Waals surface area contributed by atoms with E-state index >= 15 is 0 Å². The summed E-state index contributed by atoms with van der Waals surface area (Å²) in [6.45, 7) is 13.2. The number of halogens is 2. The van der Waals surface area contributed by atoms with E-state index in [-0.39, 0.29) is 24.8 Å². The molecule has 4 aromatic rings. The van der Waals surface area contributed by atoms with Crippen LogP contribution in [-0.2, 0) is 26.4 Å². The Morgan fingerprint density at radius 3 is 1.69 bits per heavy atom. The standard InChI is InChI=1S/C31H29.C10H14.C5H5.2ClH.Ti/c1-18-11-20(3)30(21(4)12-18)24-7-9-28-26(15-24)17-27-16-25(8-10-29(27)28)31-22(5)13-19(2)14-23(31)6;1-7-2-9-4-8(1)5-10(3-7)6-9;1-2-4-5-3-1;;;/h7-15H,17H2,1-6H3;7-10H,1-5H2;1-3H,4H2;2*1H;/q-1;;-1;;;+2/p-2. The third-order valence-electron chi connectivity index (χ3n) is 11.3. The average Bonchev–Trinajstić information content (AvgIpc) is 3.70. The van der Waals surface area contributed by atoms with E-state index in [1.807, 2.05) is 16.0 Å². The summed E-state index contributed by atoms with van der Waals surface area (Å²) >= 11 is 2.42. The van der Waals surface area contributed by atoms with Crippen molar-refractivity contribution in [3.8, 4) is 33.4 Å². The van der Waals surface area contributed by atoms with Crippen molar-refractivity contribution < 1.29 is 44.8 Å². The van der Waals surface area contributed by atoms with Crippen molar-refractivity contribution in [1.29, 1.82) is 0 Å².